The van der Waals surface area contributed by atoms with E-state index in [1.165, 1.54) is 11.1 Å². The van der Waals surface area contributed by atoms with Crippen LogP contribution in [-0.4, -0.2) is 0 Å². The first-order valence-corrected chi connectivity index (χ1v) is 3.57. The highest BCUT2D eigenvalue weighted by molar-refractivity contribution is 5.42. The largest absolute Gasteiger partial charge is 0.321 e. The summed E-state index contributed by atoms with van der Waals surface area (Å²) in [6.07, 6.45) is 1.03. The summed E-state index contributed by atoms with van der Waals surface area (Å²) in [6, 6.07) is 8.36. The van der Waals surface area contributed by atoms with Gasteiger partial charge in [0.15, 0.2) is 0 Å². The first kappa shape index (κ1) is 5.93. The highest BCUT2D eigenvalue weighted by Gasteiger charge is 2.33. The van der Waals surface area contributed by atoms with Crippen LogP contribution in [0, 0.1) is 0 Å². The van der Waals surface area contributed by atoms with Crippen molar-refractivity contribution in [1.82, 2.24) is 0 Å². The molecule has 0 spiro atoms. The third kappa shape index (κ3) is 0.611. The standard InChI is InChI=1S/C9H11N/c1-9(10)6-7-4-2-3-5-8(7)9/h2-5H,6,10H2,1H3/t9-/m1/s1. The van der Waals surface area contributed by atoms with E-state index in [0.29, 0.717) is 0 Å². The molecule has 2 rings (SSSR count). The Balaban J connectivity index is 2.53. The molecule has 0 bridgehead atoms. The Hall–Kier alpha value is -0.820. The molecule has 0 radical (unpaired) electrons. The van der Waals surface area contributed by atoms with Crippen molar-refractivity contribution in [2.24, 2.45) is 5.73 Å². The average molecular weight is 133 g/mol. The minimum Gasteiger partial charge on any atom is -0.321 e. The summed E-state index contributed by atoms with van der Waals surface area (Å²) in [5, 5.41) is 0. The van der Waals surface area contributed by atoms with Crippen LogP contribution in [0.25, 0.3) is 0 Å². The van der Waals surface area contributed by atoms with Crippen LogP contribution in [0.3, 0.4) is 0 Å². The van der Waals surface area contributed by atoms with Gasteiger partial charge in [-0.15, -0.1) is 0 Å². The summed E-state index contributed by atoms with van der Waals surface area (Å²) >= 11 is 0. The molecule has 1 aromatic carbocycles. The maximum Gasteiger partial charge on any atom is 0.0424 e. The summed E-state index contributed by atoms with van der Waals surface area (Å²) in [7, 11) is 0. The van der Waals surface area contributed by atoms with Crippen molar-refractivity contribution in [2.45, 2.75) is 18.9 Å². The molecular weight excluding hydrogens is 122 g/mol. The van der Waals surface area contributed by atoms with Gasteiger partial charge in [-0.05, 0) is 24.5 Å². The van der Waals surface area contributed by atoms with Gasteiger partial charge in [-0.2, -0.15) is 0 Å². The second kappa shape index (κ2) is 1.61. The molecule has 0 saturated carbocycles. The third-order valence-electron chi connectivity index (χ3n) is 2.19. The van der Waals surface area contributed by atoms with Crippen molar-refractivity contribution in [1.29, 1.82) is 0 Å². The first-order valence-electron chi connectivity index (χ1n) is 3.57. The minimum atomic E-state index is -0.0450. The summed E-state index contributed by atoms with van der Waals surface area (Å²) in [5.41, 5.74) is 8.61. The van der Waals surface area contributed by atoms with E-state index in [1.807, 2.05) is 6.07 Å². The fraction of sp³-hybridized carbons (Fsp3) is 0.333. The van der Waals surface area contributed by atoms with E-state index in [2.05, 4.69) is 25.1 Å². The molecule has 0 heterocycles. The summed E-state index contributed by atoms with van der Waals surface area (Å²) in [5.74, 6) is 0. The van der Waals surface area contributed by atoms with Crippen LogP contribution < -0.4 is 5.73 Å². The maximum absolute atomic E-state index is 5.93. The predicted molar refractivity (Wildman–Crippen MR) is 41.7 cm³/mol. The molecular formula is C9H11N. The topological polar surface area (TPSA) is 26.0 Å². The van der Waals surface area contributed by atoms with E-state index in [4.69, 9.17) is 5.73 Å². The molecule has 52 valence electrons. The Morgan fingerprint density at radius 3 is 2.60 bits per heavy atom. The first-order chi connectivity index (χ1) is 4.70. The molecule has 1 heteroatoms. The Morgan fingerprint density at radius 2 is 2.10 bits per heavy atom. The lowest BCUT2D eigenvalue weighted by Gasteiger charge is -2.37. The quantitative estimate of drug-likeness (QED) is 0.569. The molecule has 1 nitrogen and oxygen atoms in total. The van der Waals surface area contributed by atoms with Crippen molar-refractivity contribution < 1.29 is 0 Å². The Labute approximate surface area is 60.9 Å². The van der Waals surface area contributed by atoms with Crippen molar-refractivity contribution >= 4 is 0 Å². The fourth-order valence-electron chi connectivity index (χ4n) is 1.62. The number of nitrogens with two attached hydrogens (primary N) is 1. The van der Waals surface area contributed by atoms with Gasteiger partial charge in [0, 0.05) is 5.54 Å². The van der Waals surface area contributed by atoms with Gasteiger partial charge in [-0.3, -0.25) is 0 Å². The van der Waals surface area contributed by atoms with Gasteiger partial charge >= 0.3 is 0 Å². The Bertz CT molecular complexity index is 263. The van der Waals surface area contributed by atoms with Crippen molar-refractivity contribution in [3.63, 3.8) is 0 Å². The van der Waals surface area contributed by atoms with Crippen LogP contribution in [0.4, 0.5) is 0 Å². The van der Waals surface area contributed by atoms with Crippen molar-refractivity contribution in [3.05, 3.63) is 35.4 Å². The molecule has 0 unspecified atom stereocenters. The highest BCUT2D eigenvalue weighted by atomic mass is 14.8. The van der Waals surface area contributed by atoms with Crippen molar-refractivity contribution in [3.8, 4) is 0 Å². The predicted octanol–water partition coefficient (Wildman–Crippen LogP) is 1.42. The second-order valence-corrected chi connectivity index (χ2v) is 3.25. The lowest BCUT2D eigenvalue weighted by molar-refractivity contribution is 0.428. The highest BCUT2D eigenvalue weighted by Crippen LogP contribution is 2.35. The second-order valence-electron chi connectivity index (χ2n) is 3.25. The molecule has 0 saturated heterocycles. The van der Waals surface area contributed by atoms with Gasteiger partial charge < -0.3 is 5.73 Å². The van der Waals surface area contributed by atoms with Crippen LogP contribution >= 0.6 is 0 Å². The SMILES string of the molecule is C[C@@]1(N)Cc2ccccc21. The zero-order valence-corrected chi connectivity index (χ0v) is 6.09. The monoisotopic (exact) mass is 133 g/mol. The van der Waals surface area contributed by atoms with E-state index in [0.717, 1.165) is 6.42 Å². The third-order valence-corrected chi connectivity index (χ3v) is 2.19. The summed E-state index contributed by atoms with van der Waals surface area (Å²) < 4.78 is 0. The normalized spacial score (nSPS) is 29.0. The van der Waals surface area contributed by atoms with E-state index in [9.17, 15) is 0 Å². The van der Waals surface area contributed by atoms with Gasteiger partial charge in [0.05, 0.1) is 0 Å². The van der Waals surface area contributed by atoms with E-state index < -0.39 is 0 Å². The molecule has 10 heavy (non-hydrogen) atoms. The van der Waals surface area contributed by atoms with Gasteiger partial charge in [-0.1, -0.05) is 24.3 Å². The molecule has 1 aliphatic rings. The summed E-state index contributed by atoms with van der Waals surface area (Å²) in [6.45, 7) is 2.08. The molecule has 1 aliphatic carbocycles. The van der Waals surface area contributed by atoms with Crippen LogP contribution in [0.15, 0.2) is 24.3 Å². The molecule has 0 amide bonds. The maximum atomic E-state index is 5.93. The van der Waals surface area contributed by atoms with E-state index in [-0.39, 0.29) is 5.54 Å². The molecule has 0 aliphatic heterocycles. The van der Waals surface area contributed by atoms with Crippen LogP contribution in [0.1, 0.15) is 18.1 Å². The smallest absolute Gasteiger partial charge is 0.0424 e. The molecule has 1 aromatic rings. The van der Waals surface area contributed by atoms with E-state index in [1.54, 1.807) is 0 Å². The molecule has 0 fully saturated rings. The van der Waals surface area contributed by atoms with Crippen molar-refractivity contribution in [2.75, 3.05) is 0 Å². The number of hydrogen-bond acceptors (Lipinski definition) is 1. The molecule has 2 N–H and O–H groups in total. The van der Waals surface area contributed by atoms with E-state index >= 15 is 0 Å². The molecule has 1 atom stereocenters. The fourth-order valence-corrected chi connectivity index (χ4v) is 1.62. The number of hydrogen-bond donors (Lipinski definition) is 1. The lowest BCUT2D eigenvalue weighted by Crippen LogP contribution is -2.44. The van der Waals surface area contributed by atoms with Gasteiger partial charge in [0.25, 0.3) is 0 Å². The number of fused-ring (bicyclic) bond motifs is 1. The van der Waals surface area contributed by atoms with Gasteiger partial charge in [0.2, 0.25) is 0 Å². The number of rotatable bonds is 0. The minimum absolute atomic E-state index is 0.0450. The number of benzene rings is 1. The summed E-state index contributed by atoms with van der Waals surface area (Å²) in [4.78, 5) is 0. The van der Waals surface area contributed by atoms with Crippen LogP contribution in [0.5, 0.6) is 0 Å². The Kier molecular flexibility index (Phi) is 0.955. The van der Waals surface area contributed by atoms with Crippen LogP contribution in [0.2, 0.25) is 0 Å². The van der Waals surface area contributed by atoms with Gasteiger partial charge in [-0.25, -0.2) is 0 Å². The lowest BCUT2D eigenvalue weighted by atomic mass is 9.73. The Morgan fingerprint density at radius 1 is 1.40 bits per heavy atom. The van der Waals surface area contributed by atoms with Crippen LogP contribution in [-0.2, 0) is 12.0 Å². The zero-order chi connectivity index (χ0) is 7.19. The average Bonchev–Trinajstić information content (AvgIpc) is 1.86. The van der Waals surface area contributed by atoms with Gasteiger partial charge in [0.1, 0.15) is 0 Å². The zero-order valence-electron chi connectivity index (χ0n) is 6.09. The molecule has 0 aromatic heterocycles.